The molecule has 0 radical (unpaired) electrons. The van der Waals surface area contributed by atoms with E-state index in [2.05, 4.69) is 11.9 Å². The Bertz CT molecular complexity index is 1530. The number of nitrogens with zero attached hydrogens (tertiary/aromatic N) is 2. The molecule has 9 heteroatoms. The minimum atomic E-state index is -0.906. The second-order valence-corrected chi connectivity index (χ2v) is 10.3. The summed E-state index contributed by atoms with van der Waals surface area (Å²) >= 11 is 1.29. The van der Waals surface area contributed by atoms with Gasteiger partial charge in [0.05, 0.1) is 35.0 Å². The highest BCUT2D eigenvalue weighted by Gasteiger charge is 2.46. The molecule has 5 rings (SSSR count). The lowest BCUT2D eigenvalue weighted by atomic mass is 9.95. The summed E-state index contributed by atoms with van der Waals surface area (Å²) in [4.78, 5) is 33.1. The quantitative estimate of drug-likeness (QED) is 0.160. The Kier molecular flexibility index (Phi) is 7.70. The number of hydrogen-bond donors (Lipinski definition) is 1. The molecule has 0 fully saturated rings. The van der Waals surface area contributed by atoms with Crippen molar-refractivity contribution in [2.75, 3.05) is 18.1 Å². The largest absolute Gasteiger partial charge is 0.503 e. The Labute approximate surface area is 230 Å². The van der Waals surface area contributed by atoms with E-state index in [1.165, 1.54) is 16.2 Å². The summed E-state index contributed by atoms with van der Waals surface area (Å²) < 4.78 is 17.8. The lowest BCUT2D eigenvalue weighted by molar-refractivity contribution is -0.117. The average molecular weight is 547 g/mol. The van der Waals surface area contributed by atoms with E-state index in [1.54, 1.807) is 31.2 Å². The highest BCUT2D eigenvalue weighted by atomic mass is 32.1. The van der Waals surface area contributed by atoms with Crippen molar-refractivity contribution in [3.8, 4) is 11.5 Å². The highest BCUT2D eigenvalue weighted by molar-refractivity contribution is 7.22. The summed E-state index contributed by atoms with van der Waals surface area (Å²) in [5, 5.41) is 11.4. The van der Waals surface area contributed by atoms with Gasteiger partial charge in [-0.1, -0.05) is 43.2 Å². The second kappa shape index (κ2) is 11.3. The molecule has 1 N–H and O–H groups in total. The molecule has 0 saturated heterocycles. The average Bonchev–Trinajstić information content (AvgIpc) is 3.62. The van der Waals surface area contributed by atoms with Gasteiger partial charge in [-0.3, -0.25) is 14.5 Å². The molecule has 1 amide bonds. The molecule has 3 heterocycles. The van der Waals surface area contributed by atoms with Crippen molar-refractivity contribution in [3.63, 3.8) is 0 Å². The number of hydrogen-bond acceptors (Lipinski definition) is 8. The molecule has 4 aromatic rings. The van der Waals surface area contributed by atoms with Crippen LogP contribution in [0.4, 0.5) is 5.13 Å². The summed E-state index contributed by atoms with van der Waals surface area (Å²) in [6.07, 6.45) is 3.16. The second-order valence-electron chi connectivity index (χ2n) is 9.26. The van der Waals surface area contributed by atoms with Crippen LogP contribution in [-0.2, 0) is 4.79 Å². The summed E-state index contributed by atoms with van der Waals surface area (Å²) in [7, 11) is 0. The number of aromatic nitrogens is 1. The molecule has 0 aliphatic carbocycles. The van der Waals surface area contributed by atoms with E-state index in [-0.39, 0.29) is 11.3 Å². The monoisotopic (exact) mass is 546 g/mol. The molecule has 2 aromatic carbocycles. The fourth-order valence-electron chi connectivity index (χ4n) is 4.58. The van der Waals surface area contributed by atoms with Gasteiger partial charge in [0.1, 0.15) is 17.3 Å². The van der Waals surface area contributed by atoms with Crippen LogP contribution in [0.3, 0.4) is 0 Å². The van der Waals surface area contributed by atoms with Crippen LogP contribution < -0.4 is 14.4 Å². The van der Waals surface area contributed by atoms with E-state index in [1.807, 2.05) is 37.3 Å². The zero-order valence-corrected chi connectivity index (χ0v) is 22.9. The number of carbonyl (C=O) groups excluding carboxylic acids is 2. The topological polar surface area (TPSA) is 102 Å². The molecule has 202 valence electrons. The first-order valence-electron chi connectivity index (χ1n) is 13.0. The lowest BCUT2D eigenvalue weighted by Gasteiger charge is -2.24. The predicted octanol–water partition coefficient (Wildman–Crippen LogP) is 6.95. The molecule has 0 bridgehead atoms. The Morgan fingerprint density at radius 3 is 2.51 bits per heavy atom. The summed E-state index contributed by atoms with van der Waals surface area (Å²) in [6.45, 7) is 6.91. The first kappa shape index (κ1) is 26.5. The third kappa shape index (κ3) is 5.27. The van der Waals surface area contributed by atoms with Gasteiger partial charge in [0.25, 0.3) is 5.91 Å². The van der Waals surface area contributed by atoms with Gasteiger partial charge in [0.2, 0.25) is 5.78 Å². The normalized spacial score (nSPS) is 15.4. The van der Waals surface area contributed by atoms with Gasteiger partial charge >= 0.3 is 0 Å². The predicted molar refractivity (Wildman–Crippen MR) is 150 cm³/mol. The number of thiazole rings is 1. The zero-order chi connectivity index (χ0) is 27.5. The fourth-order valence-corrected chi connectivity index (χ4v) is 5.60. The first-order chi connectivity index (χ1) is 18.9. The van der Waals surface area contributed by atoms with Crippen molar-refractivity contribution in [2.24, 2.45) is 0 Å². The van der Waals surface area contributed by atoms with Gasteiger partial charge in [-0.2, -0.15) is 0 Å². The molecule has 39 heavy (non-hydrogen) atoms. The fraction of sp³-hybridized carbons (Fsp3) is 0.300. The van der Waals surface area contributed by atoms with Crippen LogP contribution in [0.5, 0.6) is 11.5 Å². The number of carbonyl (C=O) groups is 2. The first-order valence-corrected chi connectivity index (χ1v) is 13.9. The van der Waals surface area contributed by atoms with Crippen molar-refractivity contribution in [3.05, 3.63) is 83.0 Å². The van der Waals surface area contributed by atoms with Gasteiger partial charge in [-0.05, 0) is 68.3 Å². The van der Waals surface area contributed by atoms with Crippen molar-refractivity contribution < 1.29 is 28.6 Å². The smallest absolute Gasteiger partial charge is 0.296 e. The van der Waals surface area contributed by atoms with Crippen LogP contribution in [0.2, 0.25) is 0 Å². The molecule has 8 nitrogen and oxygen atoms in total. The minimum Gasteiger partial charge on any atom is -0.503 e. The van der Waals surface area contributed by atoms with E-state index in [0.29, 0.717) is 46.7 Å². The third-order valence-electron chi connectivity index (χ3n) is 6.50. The Morgan fingerprint density at radius 1 is 1.05 bits per heavy atom. The number of fused-ring (bicyclic) bond motifs is 1. The molecule has 1 aliphatic rings. The number of unbranched alkanes of at least 4 members (excludes halogenated alkanes) is 2. The maximum atomic E-state index is 13.6. The molecule has 2 aromatic heterocycles. The molecule has 0 spiro atoms. The van der Waals surface area contributed by atoms with Gasteiger partial charge < -0.3 is 19.0 Å². The van der Waals surface area contributed by atoms with Crippen LogP contribution in [0.15, 0.2) is 70.3 Å². The lowest BCUT2D eigenvalue weighted by Crippen LogP contribution is -2.30. The van der Waals surface area contributed by atoms with Gasteiger partial charge in [-0.25, -0.2) is 4.98 Å². The summed E-state index contributed by atoms with van der Waals surface area (Å²) in [5.41, 5.74) is 1.26. The molecule has 1 atom stereocenters. The van der Waals surface area contributed by atoms with E-state index >= 15 is 0 Å². The van der Waals surface area contributed by atoms with Crippen molar-refractivity contribution in [2.45, 2.75) is 46.1 Å². The van der Waals surface area contributed by atoms with E-state index in [9.17, 15) is 14.7 Å². The maximum absolute atomic E-state index is 13.6. The Hall–Kier alpha value is -4.11. The summed E-state index contributed by atoms with van der Waals surface area (Å²) in [5.74, 6) is 0.123. The number of ketones is 1. The van der Waals surface area contributed by atoms with Gasteiger partial charge in [0.15, 0.2) is 16.7 Å². The number of aliphatic hydroxyl groups excluding tert-OH is 1. The number of aryl methyl sites for hydroxylation is 1. The Morgan fingerprint density at radius 2 is 1.82 bits per heavy atom. The van der Waals surface area contributed by atoms with Crippen molar-refractivity contribution >= 4 is 38.4 Å². The van der Waals surface area contributed by atoms with Crippen LogP contribution in [0, 0.1) is 6.92 Å². The van der Waals surface area contributed by atoms with Crippen LogP contribution in [0.25, 0.3) is 10.2 Å². The van der Waals surface area contributed by atoms with E-state index in [0.717, 1.165) is 24.0 Å². The number of aliphatic hydroxyl groups is 1. The molecular formula is C30H30N2O6S. The number of ether oxygens (including phenoxy) is 2. The third-order valence-corrected chi connectivity index (χ3v) is 7.51. The number of benzene rings is 2. The number of amides is 1. The summed E-state index contributed by atoms with van der Waals surface area (Å²) in [6, 6.07) is 15.1. The molecular weight excluding hydrogens is 516 g/mol. The van der Waals surface area contributed by atoms with Crippen molar-refractivity contribution in [1.82, 2.24) is 4.98 Å². The standard InChI is InChI=1S/C30H30N2O6S/c1-4-6-7-16-37-20-11-9-19(10-12-20)26-25(27(33)23-15-8-18(3)38-23)28(34)29(35)32(26)30-31-22-14-13-21(36-5-2)17-24(22)39-30/h8-15,17,26,34H,4-7,16H2,1-3H3. The van der Waals surface area contributed by atoms with Crippen LogP contribution in [-0.4, -0.2) is 35.0 Å². The molecule has 1 aliphatic heterocycles. The van der Waals surface area contributed by atoms with E-state index < -0.39 is 23.5 Å². The molecule has 0 saturated carbocycles. The minimum absolute atomic E-state index is 0.0511. The highest BCUT2D eigenvalue weighted by Crippen LogP contribution is 2.45. The van der Waals surface area contributed by atoms with Crippen LogP contribution in [0.1, 0.15) is 61.0 Å². The Balaban J connectivity index is 1.54. The number of rotatable bonds is 11. The SMILES string of the molecule is CCCCCOc1ccc(C2C(C(=O)c3ccc(C)o3)=C(O)C(=O)N2c2nc3ccc(OCC)cc3s2)cc1. The number of furan rings is 1. The van der Waals surface area contributed by atoms with Crippen molar-refractivity contribution in [1.29, 1.82) is 0 Å². The van der Waals surface area contributed by atoms with E-state index in [4.69, 9.17) is 13.9 Å². The molecule has 1 unspecified atom stereocenters. The zero-order valence-electron chi connectivity index (χ0n) is 22.1. The van der Waals surface area contributed by atoms with Crippen LogP contribution >= 0.6 is 11.3 Å². The number of anilines is 1. The van der Waals surface area contributed by atoms with Gasteiger partial charge in [0, 0.05) is 0 Å². The maximum Gasteiger partial charge on any atom is 0.296 e. The number of Topliss-reactive ketones (excluding diaryl/α,β-unsaturated/α-hetero) is 1. The van der Waals surface area contributed by atoms with Gasteiger partial charge in [-0.15, -0.1) is 0 Å².